The zero-order chi connectivity index (χ0) is 19.3. The lowest BCUT2D eigenvalue weighted by molar-refractivity contribution is -0.122. The third-order valence-electron chi connectivity index (χ3n) is 4.52. The summed E-state index contributed by atoms with van der Waals surface area (Å²) in [5.74, 6) is 0.830. The molecule has 0 aliphatic carbocycles. The number of rotatable bonds is 7. The normalized spacial score (nSPS) is 11.4. The summed E-state index contributed by atoms with van der Waals surface area (Å²) in [4.78, 5) is 20.2. The predicted octanol–water partition coefficient (Wildman–Crippen LogP) is 4.64. The van der Waals surface area contributed by atoms with Crippen molar-refractivity contribution < 1.29 is 4.79 Å². The smallest absolute Gasteiger partial charge is 0.221 e. The van der Waals surface area contributed by atoms with Gasteiger partial charge in [0.15, 0.2) is 0 Å². The number of H-pyrrole nitrogens is 1. The number of aromatic nitrogens is 2. The van der Waals surface area contributed by atoms with Crippen LogP contribution in [0.15, 0.2) is 60.8 Å². The van der Waals surface area contributed by atoms with E-state index in [4.69, 9.17) is 11.6 Å². The minimum atomic E-state index is -0.455. The molecule has 3 rings (SSSR count). The summed E-state index contributed by atoms with van der Waals surface area (Å²) >= 11 is 5.94. The average Bonchev–Trinajstić information content (AvgIpc) is 3.08. The van der Waals surface area contributed by atoms with Crippen LogP contribution in [0.3, 0.4) is 0 Å². The van der Waals surface area contributed by atoms with Crippen molar-refractivity contribution in [3.8, 4) is 0 Å². The molecule has 0 atom stereocenters. The Balaban J connectivity index is 1.52. The molecule has 0 unspecified atom stereocenters. The van der Waals surface area contributed by atoms with E-state index in [1.807, 2.05) is 62.5 Å². The van der Waals surface area contributed by atoms with Crippen LogP contribution in [0.1, 0.15) is 42.9 Å². The first-order chi connectivity index (χ1) is 12.9. The molecule has 0 aliphatic heterocycles. The highest BCUT2D eigenvalue weighted by atomic mass is 35.5. The van der Waals surface area contributed by atoms with Crippen LogP contribution in [0.4, 0.5) is 0 Å². The maximum Gasteiger partial charge on any atom is 0.221 e. The zero-order valence-electron chi connectivity index (χ0n) is 15.6. The second-order valence-corrected chi connectivity index (χ2v) is 7.62. The minimum Gasteiger partial charge on any atom is -0.348 e. The van der Waals surface area contributed by atoms with Crippen LogP contribution >= 0.6 is 11.6 Å². The number of halogens is 1. The van der Waals surface area contributed by atoms with Gasteiger partial charge in [0, 0.05) is 30.5 Å². The minimum absolute atomic E-state index is 0.00374. The third-order valence-corrected chi connectivity index (χ3v) is 4.77. The summed E-state index contributed by atoms with van der Waals surface area (Å²) < 4.78 is 0. The molecular weight excluding hydrogens is 358 g/mol. The lowest BCUT2D eigenvalue weighted by Crippen LogP contribution is -2.41. The average molecular weight is 382 g/mol. The summed E-state index contributed by atoms with van der Waals surface area (Å²) in [5.41, 5.74) is 2.77. The molecule has 0 fully saturated rings. The van der Waals surface area contributed by atoms with Crippen molar-refractivity contribution >= 4 is 17.5 Å². The van der Waals surface area contributed by atoms with Gasteiger partial charge in [-0.2, -0.15) is 0 Å². The van der Waals surface area contributed by atoms with Gasteiger partial charge in [0.2, 0.25) is 5.91 Å². The Morgan fingerprint density at radius 3 is 2.52 bits per heavy atom. The Labute approximate surface area is 165 Å². The first kappa shape index (κ1) is 19.2. The van der Waals surface area contributed by atoms with Crippen molar-refractivity contribution in [2.75, 3.05) is 0 Å². The number of carbonyl (C=O) groups excluding carboxylic acids is 1. The highest BCUT2D eigenvalue weighted by Crippen LogP contribution is 2.22. The van der Waals surface area contributed by atoms with Gasteiger partial charge < -0.3 is 10.3 Å². The van der Waals surface area contributed by atoms with E-state index in [9.17, 15) is 4.79 Å². The molecular formula is C22H24ClN3O. The lowest BCUT2D eigenvalue weighted by atomic mass is 9.94. The highest BCUT2D eigenvalue weighted by Gasteiger charge is 2.22. The molecule has 140 valence electrons. The highest BCUT2D eigenvalue weighted by molar-refractivity contribution is 6.30. The molecule has 3 aromatic rings. The fourth-order valence-corrected chi connectivity index (χ4v) is 3.14. The number of hydrogen-bond acceptors (Lipinski definition) is 2. The quantitative estimate of drug-likeness (QED) is 0.626. The molecule has 0 radical (unpaired) electrons. The largest absolute Gasteiger partial charge is 0.348 e. The number of nitrogens with one attached hydrogen (secondary N) is 2. The number of aromatic amines is 1. The van der Waals surface area contributed by atoms with Crippen molar-refractivity contribution in [2.24, 2.45) is 0 Å². The number of imidazole rings is 1. The SMILES string of the molecule is CC(C)(NC(=O)CCc1nc(Cc2ccccc2)c[nH]1)c1ccc(Cl)cc1. The van der Waals surface area contributed by atoms with E-state index < -0.39 is 5.54 Å². The van der Waals surface area contributed by atoms with Crippen LogP contribution in [0.2, 0.25) is 5.02 Å². The van der Waals surface area contributed by atoms with E-state index in [2.05, 4.69) is 27.4 Å². The molecule has 1 heterocycles. The molecule has 4 nitrogen and oxygen atoms in total. The van der Waals surface area contributed by atoms with Crippen molar-refractivity contribution in [3.63, 3.8) is 0 Å². The van der Waals surface area contributed by atoms with Crippen molar-refractivity contribution in [3.05, 3.63) is 88.5 Å². The predicted molar refractivity (Wildman–Crippen MR) is 109 cm³/mol. The number of aryl methyl sites for hydroxylation is 1. The first-order valence-corrected chi connectivity index (χ1v) is 9.44. The third kappa shape index (κ3) is 5.44. The molecule has 27 heavy (non-hydrogen) atoms. The van der Waals surface area contributed by atoms with Gasteiger partial charge in [-0.1, -0.05) is 54.1 Å². The van der Waals surface area contributed by atoms with E-state index in [0.29, 0.717) is 17.9 Å². The van der Waals surface area contributed by atoms with Crippen LogP contribution in [0, 0.1) is 0 Å². The Kier molecular flexibility index (Phi) is 5.97. The molecule has 2 N–H and O–H groups in total. The van der Waals surface area contributed by atoms with Crippen LogP contribution in [0.25, 0.3) is 0 Å². The molecule has 5 heteroatoms. The molecule has 1 amide bonds. The molecule has 1 aromatic heterocycles. The van der Waals surface area contributed by atoms with E-state index in [0.717, 1.165) is 23.5 Å². The summed E-state index contributed by atoms with van der Waals surface area (Å²) in [5, 5.41) is 3.77. The van der Waals surface area contributed by atoms with E-state index in [1.54, 1.807) is 0 Å². The molecule has 0 saturated carbocycles. The topological polar surface area (TPSA) is 57.8 Å². The molecule has 0 spiro atoms. The summed E-state index contributed by atoms with van der Waals surface area (Å²) in [6.07, 6.45) is 3.66. The van der Waals surface area contributed by atoms with Gasteiger partial charge in [0.25, 0.3) is 0 Å². The second kappa shape index (κ2) is 8.40. The molecule has 0 saturated heterocycles. The number of hydrogen-bond donors (Lipinski definition) is 2. The summed E-state index contributed by atoms with van der Waals surface area (Å²) in [6.45, 7) is 3.97. The maximum atomic E-state index is 12.4. The number of carbonyl (C=O) groups is 1. The van der Waals surface area contributed by atoms with Crippen molar-refractivity contribution in [1.82, 2.24) is 15.3 Å². The van der Waals surface area contributed by atoms with Crippen molar-refractivity contribution in [1.29, 1.82) is 0 Å². The van der Waals surface area contributed by atoms with Crippen LogP contribution in [-0.4, -0.2) is 15.9 Å². The van der Waals surface area contributed by atoms with Gasteiger partial charge in [-0.15, -0.1) is 0 Å². The van der Waals surface area contributed by atoms with Crippen molar-refractivity contribution in [2.45, 2.75) is 38.6 Å². The summed E-state index contributed by atoms with van der Waals surface area (Å²) in [7, 11) is 0. The summed E-state index contributed by atoms with van der Waals surface area (Å²) in [6, 6.07) is 17.8. The Hall–Kier alpha value is -2.59. The van der Waals surface area contributed by atoms with Crippen LogP contribution in [-0.2, 0) is 23.2 Å². The van der Waals surface area contributed by atoms with Gasteiger partial charge in [-0.05, 0) is 37.1 Å². The number of nitrogens with zero attached hydrogens (tertiary/aromatic N) is 1. The monoisotopic (exact) mass is 381 g/mol. The molecule has 0 aliphatic rings. The first-order valence-electron chi connectivity index (χ1n) is 9.06. The van der Waals surface area contributed by atoms with Gasteiger partial charge in [-0.3, -0.25) is 4.79 Å². The van der Waals surface area contributed by atoms with Gasteiger partial charge in [0.05, 0.1) is 11.2 Å². The van der Waals surface area contributed by atoms with Gasteiger partial charge >= 0.3 is 0 Å². The second-order valence-electron chi connectivity index (χ2n) is 7.18. The van der Waals surface area contributed by atoms with Gasteiger partial charge in [-0.25, -0.2) is 4.98 Å². The number of amides is 1. The van der Waals surface area contributed by atoms with Gasteiger partial charge in [0.1, 0.15) is 5.82 Å². The lowest BCUT2D eigenvalue weighted by Gasteiger charge is -2.27. The standard InChI is InChI=1S/C22H24ClN3O/c1-22(2,17-8-10-18(23)11-9-17)26-21(27)13-12-20-24-15-19(25-20)14-16-6-4-3-5-7-16/h3-11,15H,12-14H2,1-2H3,(H,24,25)(H,26,27). The number of benzene rings is 2. The molecule has 0 bridgehead atoms. The van der Waals surface area contributed by atoms with Crippen LogP contribution < -0.4 is 5.32 Å². The zero-order valence-corrected chi connectivity index (χ0v) is 16.4. The van der Waals surface area contributed by atoms with E-state index in [-0.39, 0.29) is 5.91 Å². The fourth-order valence-electron chi connectivity index (χ4n) is 3.01. The van der Waals surface area contributed by atoms with E-state index >= 15 is 0 Å². The Morgan fingerprint density at radius 1 is 1.11 bits per heavy atom. The van der Waals surface area contributed by atoms with E-state index in [1.165, 1.54) is 5.56 Å². The Morgan fingerprint density at radius 2 is 1.81 bits per heavy atom. The molecule has 2 aromatic carbocycles. The Bertz CT molecular complexity index is 885. The maximum absolute atomic E-state index is 12.4. The fraction of sp³-hybridized carbons (Fsp3) is 0.273. The van der Waals surface area contributed by atoms with Crippen LogP contribution in [0.5, 0.6) is 0 Å².